The summed E-state index contributed by atoms with van der Waals surface area (Å²) < 4.78 is 4.78. The van der Waals surface area contributed by atoms with Crippen LogP contribution in [0.1, 0.15) is 72.1 Å². The average Bonchev–Trinajstić information content (AvgIpc) is 2.46. The van der Waals surface area contributed by atoms with Crippen molar-refractivity contribution >= 4 is 29.0 Å². The first-order valence-electron chi connectivity index (χ1n) is 7.49. The number of carbonyl (C=O) groups is 1. The van der Waals surface area contributed by atoms with E-state index >= 15 is 0 Å². The molecule has 0 bridgehead atoms. The molecule has 3 heteroatoms. The summed E-state index contributed by atoms with van der Waals surface area (Å²) in [6.45, 7) is 17.3. The summed E-state index contributed by atoms with van der Waals surface area (Å²) in [4.78, 5) is 10.8. The van der Waals surface area contributed by atoms with Crippen LogP contribution in [0.5, 0.6) is 0 Å². The molecule has 0 N–H and O–H groups in total. The van der Waals surface area contributed by atoms with Crippen LogP contribution in [0.15, 0.2) is 12.7 Å². The third-order valence-corrected chi connectivity index (χ3v) is 2.05. The molecular formula is C17H34MgO2. The van der Waals surface area contributed by atoms with Crippen LogP contribution >= 0.6 is 0 Å². The molecule has 0 radical (unpaired) electrons. The van der Waals surface area contributed by atoms with E-state index in [0.29, 0.717) is 13.0 Å². The molecular weight excluding hydrogens is 260 g/mol. The van der Waals surface area contributed by atoms with E-state index in [2.05, 4.69) is 41.2 Å². The minimum atomic E-state index is -0.113. The maximum Gasteiger partial charge on any atom is 2.00 e. The molecule has 0 aromatic rings. The minimum Gasteiger partial charge on any atom is -0.461 e. The first-order valence-corrected chi connectivity index (χ1v) is 7.49. The van der Waals surface area contributed by atoms with Crippen molar-refractivity contribution in [1.29, 1.82) is 0 Å². The van der Waals surface area contributed by atoms with Gasteiger partial charge in [0.05, 0.1) is 0 Å². The Kier molecular flexibility index (Phi) is 44.2. The summed E-state index contributed by atoms with van der Waals surface area (Å²) in [5.41, 5.74) is 0. The van der Waals surface area contributed by atoms with Crippen LogP contribution in [0, 0.1) is 13.8 Å². The number of ether oxygens (including phenoxy) is 1. The Morgan fingerprint density at radius 2 is 1.50 bits per heavy atom. The Balaban J connectivity index is -0.000000119. The fraction of sp³-hybridized carbons (Fsp3) is 0.706. The van der Waals surface area contributed by atoms with Gasteiger partial charge < -0.3 is 18.6 Å². The zero-order valence-corrected chi connectivity index (χ0v) is 15.5. The van der Waals surface area contributed by atoms with Gasteiger partial charge in [0, 0.05) is 6.42 Å². The van der Waals surface area contributed by atoms with E-state index in [0.717, 1.165) is 32.1 Å². The average molecular weight is 295 g/mol. The van der Waals surface area contributed by atoms with Gasteiger partial charge in [0.15, 0.2) is 0 Å². The predicted molar refractivity (Wildman–Crippen MR) is 91.6 cm³/mol. The molecule has 0 unspecified atom stereocenters. The van der Waals surface area contributed by atoms with Crippen molar-refractivity contribution in [2.45, 2.75) is 72.1 Å². The molecule has 20 heavy (non-hydrogen) atoms. The zero-order chi connectivity index (χ0) is 15.4. The predicted octanol–water partition coefficient (Wildman–Crippen LogP) is 5.16. The van der Waals surface area contributed by atoms with Gasteiger partial charge in [-0.1, -0.05) is 59.1 Å². The van der Waals surface area contributed by atoms with E-state index in [-0.39, 0.29) is 29.0 Å². The van der Waals surface area contributed by atoms with Gasteiger partial charge in [-0.3, -0.25) is 4.79 Å². The van der Waals surface area contributed by atoms with Gasteiger partial charge in [-0.15, -0.1) is 0 Å². The first kappa shape index (κ1) is 28.2. The summed E-state index contributed by atoms with van der Waals surface area (Å²) in [6.07, 6.45) is 9.85. The summed E-state index contributed by atoms with van der Waals surface area (Å²) in [5, 5.41) is 0. The van der Waals surface area contributed by atoms with E-state index in [1.54, 1.807) is 6.08 Å². The first-order chi connectivity index (χ1) is 9.14. The maximum atomic E-state index is 10.8. The molecule has 0 amide bonds. The van der Waals surface area contributed by atoms with Crippen LogP contribution in [-0.2, 0) is 9.53 Å². The SMILES string of the molecule is C=CCOC(=O)CCCCC.[CH2-]CCC.[CH2-]CCC.[Mg+2]. The molecule has 0 aliphatic heterocycles. The Morgan fingerprint density at radius 3 is 1.80 bits per heavy atom. The molecule has 2 nitrogen and oxygen atoms in total. The second-order valence-electron chi connectivity index (χ2n) is 4.14. The van der Waals surface area contributed by atoms with Crippen LogP contribution in [0.4, 0.5) is 0 Å². The number of hydrogen-bond acceptors (Lipinski definition) is 2. The second-order valence-corrected chi connectivity index (χ2v) is 4.14. The molecule has 116 valence electrons. The van der Waals surface area contributed by atoms with Gasteiger partial charge in [0.2, 0.25) is 0 Å². The normalized spacial score (nSPS) is 8.05. The Labute approximate surface area is 143 Å². The van der Waals surface area contributed by atoms with E-state index in [1.807, 2.05) is 0 Å². The number of rotatable bonds is 8. The molecule has 0 saturated carbocycles. The van der Waals surface area contributed by atoms with Crippen molar-refractivity contribution < 1.29 is 9.53 Å². The van der Waals surface area contributed by atoms with Crippen LogP contribution in [0.25, 0.3) is 0 Å². The van der Waals surface area contributed by atoms with Crippen LogP contribution in [0.2, 0.25) is 0 Å². The molecule has 0 heterocycles. The van der Waals surface area contributed by atoms with Crippen molar-refractivity contribution in [2.75, 3.05) is 6.61 Å². The summed E-state index contributed by atoms with van der Waals surface area (Å²) >= 11 is 0. The topological polar surface area (TPSA) is 26.3 Å². The summed E-state index contributed by atoms with van der Waals surface area (Å²) in [5.74, 6) is -0.113. The molecule has 0 rings (SSSR count). The number of hydrogen-bond donors (Lipinski definition) is 0. The smallest absolute Gasteiger partial charge is 0.461 e. The third kappa shape index (κ3) is 43.0. The summed E-state index contributed by atoms with van der Waals surface area (Å²) in [7, 11) is 0. The Hall–Kier alpha value is -0.0238. The quantitative estimate of drug-likeness (QED) is 0.203. The van der Waals surface area contributed by atoms with Gasteiger partial charge in [-0.05, 0) is 6.42 Å². The number of esters is 1. The van der Waals surface area contributed by atoms with Crippen LogP contribution < -0.4 is 0 Å². The van der Waals surface area contributed by atoms with E-state index in [1.165, 1.54) is 12.8 Å². The van der Waals surface area contributed by atoms with Crippen molar-refractivity contribution in [1.82, 2.24) is 0 Å². The molecule has 0 aromatic heterocycles. The number of unbranched alkanes of at least 4 members (excludes halogenated alkanes) is 4. The van der Waals surface area contributed by atoms with Crippen LogP contribution in [-0.4, -0.2) is 35.6 Å². The van der Waals surface area contributed by atoms with Gasteiger partial charge in [-0.2, -0.15) is 12.8 Å². The van der Waals surface area contributed by atoms with E-state index in [4.69, 9.17) is 4.74 Å². The molecule has 0 aliphatic carbocycles. The zero-order valence-electron chi connectivity index (χ0n) is 14.1. The maximum absolute atomic E-state index is 10.8. The summed E-state index contributed by atoms with van der Waals surface area (Å²) in [6, 6.07) is 0. The molecule has 0 saturated heterocycles. The minimum absolute atomic E-state index is 0. The third-order valence-electron chi connectivity index (χ3n) is 2.05. The molecule has 0 aromatic carbocycles. The Morgan fingerprint density at radius 1 is 1.05 bits per heavy atom. The molecule has 0 aliphatic rings. The molecule has 0 spiro atoms. The standard InChI is InChI=1S/C9H16O2.2C4H9.Mg/c1-3-5-6-7-9(10)11-8-4-2;2*1-3-4-2;/h4H,2-3,5-8H2,1H3;2*1,3-4H2,2H3;/q;2*-1;+2. The van der Waals surface area contributed by atoms with Gasteiger partial charge in [0.1, 0.15) is 6.61 Å². The van der Waals surface area contributed by atoms with Crippen molar-refractivity contribution in [2.24, 2.45) is 0 Å². The Bertz CT molecular complexity index is 162. The fourth-order valence-electron chi connectivity index (χ4n) is 0.743. The van der Waals surface area contributed by atoms with Crippen molar-refractivity contribution in [3.63, 3.8) is 0 Å². The largest absolute Gasteiger partial charge is 2.00 e. The molecule has 0 atom stereocenters. The fourth-order valence-corrected chi connectivity index (χ4v) is 0.743. The number of carbonyl (C=O) groups excluding carboxylic acids is 1. The van der Waals surface area contributed by atoms with E-state index < -0.39 is 0 Å². The molecule has 0 fully saturated rings. The van der Waals surface area contributed by atoms with Gasteiger partial charge in [-0.25, -0.2) is 0 Å². The van der Waals surface area contributed by atoms with Crippen molar-refractivity contribution in [3.8, 4) is 0 Å². The monoisotopic (exact) mass is 294 g/mol. The van der Waals surface area contributed by atoms with Crippen molar-refractivity contribution in [3.05, 3.63) is 26.5 Å². The van der Waals surface area contributed by atoms with Gasteiger partial charge >= 0.3 is 29.0 Å². The van der Waals surface area contributed by atoms with E-state index in [9.17, 15) is 4.79 Å². The second kappa shape index (κ2) is 31.4. The van der Waals surface area contributed by atoms with Crippen LogP contribution in [0.3, 0.4) is 0 Å². The van der Waals surface area contributed by atoms with Gasteiger partial charge in [0.25, 0.3) is 0 Å².